The Labute approximate surface area is 188 Å². The molecule has 1 amide bonds. The summed E-state index contributed by atoms with van der Waals surface area (Å²) in [4.78, 5) is 12.9. The van der Waals surface area contributed by atoms with Crippen molar-refractivity contribution < 1.29 is 21.6 Å². The number of rotatable bonds is 7. The number of hydrazone groups is 1. The fourth-order valence-electron chi connectivity index (χ4n) is 3.32. The van der Waals surface area contributed by atoms with Crippen LogP contribution in [0, 0.1) is 0 Å². The van der Waals surface area contributed by atoms with E-state index in [4.69, 9.17) is 0 Å². The van der Waals surface area contributed by atoms with E-state index >= 15 is 0 Å². The topological polar surface area (TPSA) is 116 Å². The lowest BCUT2D eigenvalue weighted by Crippen LogP contribution is -2.35. The summed E-state index contributed by atoms with van der Waals surface area (Å²) in [6, 6.07) is 13.3. The van der Waals surface area contributed by atoms with E-state index in [9.17, 15) is 21.6 Å². The fraction of sp³-hybridized carbons (Fsp3) is 0.238. The van der Waals surface area contributed by atoms with Crippen molar-refractivity contribution in [1.29, 1.82) is 0 Å². The van der Waals surface area contributed by atoms with Crippen LogP contribution in [0.25, 0.3) is 0 Å². The molecule has 0 atom stereocenters. The molecule has 9 nitrogen and oxygen atoms in total. The molecule has 170 valence electrons. The molecule has 0 saturated carbocycles. The molecule has 0 unspecified atom stereocenters. The third-order valence-corrected chi connectivity index (χ3v) is 7.99. The molecular formula is C21H24N4O5S2. The zero-order valence-corrected chi connectivity index (χ0v) is 19.7. The molecule has 2 aromatic rings. The van der Waals surface area contributed by atoms with Crippen LogP contribution in [0.4, 0.5) is 17.1 Å². The van der Waals surface area contributed by atoms with Gasteiger partial charge in [-0.1, -0.05) is 25.1 Å². The molecule has 0 spiro atoms. The molecule has 1 aliphatic rings. The smallest absolute Gasteiger partial charge is 0.282 e. The monoisotopic (exact) mass is 476 g/mol. The van der Waals surface area contributed by atoms with Crippen LogP contribution in [-0.2, 0) is 31.3 Å². The Hall–Kier alpha value is -3.18. The van der Waals surface area contributed by atoms with E-state index < -0.39 is 20.0 Å². The number of para-hydroxylation sites is 1. The number of sulfonamides is 2. The number of hydrogen-bond donors (Lipinski definition) is 1. The van der Waals surface area contributed by atoms with Gasteiger partial charge in [0.2, 0.25) is 20.0 Å². The van der Waals surface area contributed by atoms with Crippen LogP contribution in [0.1, 0.15) is 19.4 Å². The van der Waals surface area contributed by atoms with Crippen LogP contribution < -0.4 is 14.0 Å². The maximum absolute atomic E-state index is 12.9. The third kappa shape index (κ3) is 4.83. The maximum atomic E-state index is 12.9. The van der Waals surface area contributed by atoms with E-state index in [2.05, 4.69) is 10.4 Å². The van der Waals surface area contributed by atoms with Gasteiger partial charge in [0.15, 0.2) is 0 Å². The molecule has 1 N–H and O–H groups in total. The molecule has 1 heterocycles. The van der Waals surface area contributed by atoms with Crippen LogP contribution in [0.2, 0.25) is 0 Å². The highest BCUT2D eigenvalue weighted by Crippen LogP contribution is 2.28. The quantitative estimate of drug-likeness (QED) is 0.614. The highest BCUT2D eigenvalue weighted by molar-refractivity contribution is 8.09. The first-order chi connectivity index (χ1) is 14.9. The second-order valence-electron chi connectivity index (χ2n) is 7.25. The predicted molar refractivity (Wildman–Crippen MR) is 127 cm³/mol. The van der Waals surface area contributed by atoms with Gasteiger partial charge in [-0.15, -0.1) is 0 Å². The van der Waals surface area contributed by atoms with Gasteiger partial charge in [0, 0.05) is 11.9 Å². The van der Waals surface area contributed by atoms with E-state index in [0.717, 1.165) is 30.2 Å². The van der Waals surface area contributed by atoms with E-state index in [1.807, 2.05) is 31.2 Å². The standard InChI is InChI=1S/C21H24N4O5S2/c1-5-16-8-6-7-9-20(16)22-14-19-15(2)23-24(21(19)26)17-10-12-18(13-11-17)25(31(3,27)28)32(4,29)30/h6-14,22H,5H2,1-4H3. The predicted octanol–water partition coefficient (Wildman–Crippen LogP) is 2.69. The lowest BCUT2D eigenvalue weighted by molar-refractivity contribution is -0.114. The van der Waals surface area contributed by atoms with Gasteiger partial charge in [-0.2, -0.15) is 13.8 Å². The molecule has 0 aliphatic carbocycles. The van der Waals surface area contributed by atoms with Crippen molar-refractivity contribution in [2.45, 2.75) is 20.3 Å². The van der Waals surface area contributed by atoms with Crippen molar-refractivity contribution in [2.75, 3.05) is 26.5 Å². The first-order valence-electron chi connectivity index (χ1n) is 9.68. The van der Waals surface area contributed by atoms with Crippen LogP contribution in [0.3, 0.4) is 0 Å². The average molecular weight is 477 g/mol. The molecule has 0 saturated heterocycles. The Morgan fingerprint density at radius 3 is 2.16 bits per heavy atom. The number of anilines is 3. The fourth-order valence-corrected chi connectivity index (χ4v) is 6.30. The molecule has 1 aliphatic heterocycles. The number of carbonyl (C=O) groups excluding carboxylic acids is 1. The Kier molecular flexibility index (Phi) is 6.42. The summed E-state index contributed by atoms with van der Waals surface area (Å²) in [5.41, 5.74) is 3.21. The Morgan fingerprint density at radius 1 is 1.00 bits per heavy atom. The number of nitrogens with zero attached hydrogens (tertiary/aromatic N) is 3. The molecule has 0 bridgehead atoms. The van der Waals surface area contributed by atoms with Crippen molar-refractivity contribution in [3.8, 4) is 0 Å². The van der Waals surface area contributed by atoms with Crippen molar-refractivity contribution in [3.63, 3.8) is 0 Å². The molecule has 0 radical (unpaired) electrons. The van der Waals surface area contributed by atoms with Crippen LogP contribution in [-0.4, -0.2) is 41.0 Å². The highest BCUT2D eigenvalue weighted by atomic mass is 32.3. The number of aryl methyl sites for hydroxylation is 1. The van der Waals surface area contributed by atoms with E-state index in [-0.39, 0.29) is 11.6 Å². The Bertz CT molecular complexity index is 1280. The summed E-state index contributed by atoms with van der Waals surface area (Å²) in [6.45, 7) is 3.75. The number of nitrogens with one attached hydrogen (secondary N) is 1. The molecule has 2 aromatic carbocycles. The molecule has 3 rings (SSSR count). The minimum Gasteiger partial charge on any atom is -0.361 e. The van der Waals surface area contributed by atoms with Gasteiger partial charge < -0.3 is 5.32 Å². The second kappa shape index (κ2) is 8.75. The highest BCUT2D eigenvalue weighted by Gasteiger charge is 2.30. The lowest BCUT2D eigenvalue weighted by Gasteiger charge is -2.20. The number of benzene rings is 2. The van der Waals surface area contributed by atoms with Crippen molar-refractivity contribution in [2.24, 2.45) is 5.10 Å². The zero-order valence-electron chi connectivity index (χ0n) is 18.1. The lowest BCUT2D eigenvalue weighted by atomic mass is 10.1. The summed E-state index contributed by atoms with van der Waals surface area (Å²) in [5, 5.41) is 8.64. The summed E-state index contributed by atoms with van der Waals surface area (Å²) in [5.74, 6) is -0.361. The minimum absolute atomic E-state index is 0.0558. The number of amides is 1. The van der Waals surface area contributed by atoms with Gasteiger partial charge >= 0.3 is 0 Å². The summed E-state index contributed by atoms with van der Waals surface area (Å²) in [6.07, 6.45) is 4.06. The maximum Gasteiger partial charge on any atom is 0.282 e. The number of carbonyl (C=O) groups is 1. The largest absolute Gasteiger partial charge is 0.361 e. The summed E-state index contributed by atoms with van der Waals surface area (Å²) in [7, 11) is -8.11. The second-order valence-corrected chi connectivity index (χ2v) is 11.1. The first kappa shape index (κ1) is 23.5. The van der Waals surface area contributed by atoms with Crippen LogP contribution in [0.15, 0.2) is 65.4 Å². The van der Waals surface area contributed by atoms with Crippen LogP contribution >= 0.6 is 0 Å². The molecule has 32 heavy (non-hydrogen) atoms. The van der Waals surface area contributed by atoms with Gasteiger partial charge in [-0.3, -0.25) is 4.79 Å². The van der Waals surface area contributed by atoms with Crippen molar-refractivity contribution in [3.05, 3.63) is 65.9 Å². The molecule has 0 aromatic heterocycles. The van der Waals surface area contributed by atoms with Crippen LogP contribution in [0.5, 0.6) is 0 Å². The zero-order chi connectivity index (χ0) is 23.7. The minimum atomic E-state index is -4.06. The van der Waals surface area contributed by atoms with E-state index in [1.54, 1.807) is 13.1 Å². The summed E-state index contributed by atoms with van der Waals surface area (Å²) >= 11 is 0. The van der Waals surface area contributed by atoms with Gasteiger partial charge in [-0.25, -0.2) is 16.8 Å². The molecule has 11 heteroatoms. The summed E-state index contributed by atoms with van der Waals surface area (Å²) < 4.78 is 48.1. The van der Waals surface area contributed by atoms with Gasteiger partial charge in [0.05, 0.1) is 35.2 Å². The Balaban J connectivity index is 1.86. The van der Waals surface area contributed by atoms with Gasteiger partial charge in [-0.05, 0) is 49.2 Å². The average Bonchev–Trinajstić information content (AvgIpc) is 2.98. The normalized spacial score (nSPS) is 15.8. The Morgan fingerprint density at radius 2 is 1.59 bits per heavy atom. The molecule has 0 fully saturated rings. The number of hydrogen-bond acceptors (Lipinski definition) is 7. The first-order valence-corrected chi connectivity index (χ1v) is 13.4. The third-order valence-electron chi connectivity index (χ3n) is 4.74. The van der Waals surface area contributed by atoms with E-state index in [0.29, 0.717) is 20.7 Å². The van der Waals surface area contributed by atoms with Gasteiger partial charge in [0.25, 0.3) is 5.91 Å². The van der Waals surface area contributed by atoms with Crippen molar-refractivity contribution >= 4 is 48.7 Å². The van der Waals surface area contributed by atoms with E-state index in [1.165, 1.54) is 29.3 Å². The van der Waals surface area contributed by atoms with Gasteiger partial charge in [0.1, 0.15) is 0 Å². The SMILES string of the molecule is CCc1ccccc1NC=C1C(=O)N(c2ccc(N(S(C)(=O)=O)S(C)(=O)=O)cc2)N=C1C. The van der Waals surface area contributed by atoms with Crippen molar-refractivity contribution in [1.82, 2.24) is 0 Å². The molecular weight excluding hydrogens is 452 g/mol.